The van der Waals surface area contributed by atoms with Crippen molar-refractivity contribution >= 4 is 23.4 Å². The highest BCUT2D eigenvalue weighted by Gasteiger charge is 2.39. The Bertz CT molecular complexity index is 1040. The van der Waals surface area contributed by atoms with Crippen LogP contribution < -0.4 is 16.0 Å². The van der Waals surface area contributed by atoms with Gasteiger partial charge in [0, 0.05) is 29.1 Å². The number of amides is 2. The Labute approximate surface area is 213 Å². The molecule has 2 atom stereocenters. The van der Waals surface area contributed by atoms with Crippen LogP contribution in [0.2, 0.25) is 5.02 Å². The Balaban J connectivity index is 1.33. The molecule has 0 bridgehead atoms. The molecule has 2 aromatic rings. The van der Waals surface area contributed by atoms with Crippen molar-refractivity contribution in [3.63, 3.8) is 0 Å². The quantitative estimate of drug-likeness (QED) is 0.512. The molecule has 35 heavy (non-hydrogen) atoms. The third-order valence-electron chi connectivity index (χ3n) is 8.20. The van der Waals surface area contributed by atoms with Crippen molar-refractivity contribution < 1.29 is 9.59 Å². The van der Waals surface area contributed by atoms with E-state index in [9.17, 15) is 9.59 Å². The second-order valence-electron chi connectivity index (χ2n) is 10.4. The highest BCUT2D eigenvalue weighted by molar-refractivity contribution is 6.31. The number of halogens is 1. The Morgan fingerprint density at radius 1 is 0.886 bits per heavy atom. The summed E-state index contributed by atoms with van der Waals surface area (Å²) >= 11 is 6.91. The second-order valence-corrected chi connectivity index (χ2v) is 10.8. The topological polar surface area (TPSA) is 70.2 Å². The summed E-state index contributed by atoms with van der Waals surface area (Å²) in [5.74, 6) is 0.874. The van der Waals surface area contributed by atoms with E-state index in [1.807, 2.05) is 30.3 Å². The molecule has 6 heteroatoms. The van der Waals surface area contributed by atoms with E-state index in [0.717, 1.165) is 60.6 Å². The zero-order chi connectivity index (χ0) is 24.2. The van der Waals surface area contributed by atoms with Crippen LogP contribution in [0.1, 0.15) is 73.2 Å². The first-order chi connectivity index (χ1) is 17.1. The van der Waals surface area contributed by atoms with E-state index in [4.69, 9.17) is 11.6 Å². The SMILES string of the molecule is O=C(NC1CCNCC1)c1ccc(-c2ccc(C(C3CCCCC3)C3CCNC3=O)c(Cl)c2)cc1. The molecular weight excluding hydrogens is 458 g/mol. The number of rotatable bonds is 6. The number of benzene rings is 2. The number of hydrogen-bond donors (Lipinski definition) is 3. The van der Waals surface area contributed by atoms with Crippen molar-refractivity contribution in [2.24, 2.45) is 11.8 Å². The van der Waals surface area contributed by atoms with Crippen molar-refractivity contribution in [1.82, 2.24) is 16.0 Å². The molecule has 3 fully saturated rings. The summed E-state index contributed by atoms with van der Waals surface area (Å²) in [6.07, 6.45) is 8.95. The Hall–Kier alpha value is -2.37. The fraction of sp³-hybridized carbons (Fsp3) is 0.517. The predicted molar refractivity (Wildman–Crippen MR) is 141 cm³/mol. The summed E-state index contributed by atoms with van der Waals surface area (Å²) in [5, 5.41) is 10.3. The smallest absolute Gasteiger partial charge is 0.251 e. The number of carbonyl (C=O) groups excluding carboxylic acids is 2. The van der Waals surface area contributed by atoms with Crippen LogP contribution in [0.15, 0.2) is 42.5 Å². The van der Waals surface area contributed by atoms with E-state index in [2.05, 4.69) is 28.1 Å². The molecule has 0 spiro atoms. The maximum absolute atomic E-state index is 12.7. The van der Waals surface area contributed by atoms with Crippen LogP contribution in [0.25, 0.3) is 11.1 Å². The van der Waals surface area contributed by atoms with Gasteiger partial charge >= 0.3 is 0 Å². The van der Waals surface area contributed by atoms with E-state index in [0.29, 0.717) is 11.5 Å². The minimum Gasteiger partial charge on any atom is -0.356 e. The lowest BCUT2D eigenvalue weighted by Gasteiger charge is -2.34. The zero-order valence-electron chi connectivity index (χ0n) is 20.3. The average Bonchev–Trinajstić information content (AvgIpc) is 3.32. The van der Waals surface area contributed by atoms with Crippen LogP contribution in [-0.4, -0.2) is 37.5 Å². The molecule has 5 rings (SSSR count). The third kappa shape index (κ3) is 5.57. The highest BCUT2D eigenvalue weighted by atomic mass is 35.5. The lowest BCUT2D eigenvalue weighted by molar-refractivity contribution is -0.123. The van der Waals surface area contributed by atoms with E-state index < -0.39 is 0 Å². The first-order valence-electron chi connectivity index (χ1n) is 13.3. The van der Waals surface area contributed by atoms with Crippen molar-refractivity contribution in [1.29, 1.82) is 0 Å². The molecule has 3 N–H and O–H groups in total. The first kappa shape index (κ1) is 24.3. The lowest BCUT2D eigenvalue weighted by Crippen LogP contribution is -2.42. The van der Waals surface area contributed by atoms with Crippen molar-refractivity contribution in [2.45, 2.75) is 63.3 Å². The largest absolute Gasteiger partial charge is 0.356 e. The fourth-order valence-electron chi connectivity index (χ4n) is 6.27. The molecule has 2 aromatic carbocycles. The molecule has 0 radical (unpaired) electrons. The molecule has 186 valence electrons. The Morgan fingerprint density at radius 2 is 1.60 bits per heavy atom. The monoisotopic (exact) mass is 493 g/mol. The second kappa shape index (κ2) is 11.1. The van der Waals surface area contributed by atoms with Crippen molar-refractivity contribution in [3.05, 3.63) is 58.6 Å². The van der Waals surface area contributed by atoms with E-state index in [-0.39, 0.29) is 29.7 Å². The van der Waals surface area contributed by atoms with Gasteiger partial charge in [0.05, 0.1) is 0 Å². The number of piperidine rings is 1. The van der Waals surface area contributed by atoms with Gasteiger partial charge in [0.25, 0.3) is 5.91 Å². The van der Waals surface area contributed by atoms with Gasteiger partial charge in [0.1, 0.15) is 0 Å². The zero-order valence-corrected chi connectivity index (χ0v) is 21.1. The molecule has 0 aromatic heterocycles. The van der Waals surface area contributed by atoms with Gasteiger partial charge in [-0.15, -0.1) is 0 Å². The molecular formula is C29H36ClN3O2. The van der Waals surface area contributed by atoms with Gasteiger partial charge in [-0.05, 0) is 91.9 Å². The van der Waals surface area contributed by atoms with Gasteiger partial charge in [0.15, 0.2) is 0 Å². The lowest BCUT2D eigenvalue weighted by atomic mass is 9.70. The Kier molecular flexibility index (Phi) is 7.74. The normalized spacial score (nSPS) is 22.5. The third-order valence-corrected chi connectivity index (χ3v) is 8.52. The van der Waals surface area contributed by atoms with Gasteiger partial charge < -0.3 is 16.0 Å². The highest BCUT2D eigenvalue weighted by Crippen LogP contribution is 2.45. The summed E-state index contributed by atoms with van der Waals surface area (Å²) in [5.41, 5.74) is 3.86. The van der Waals surface area contributed by atoms with Gasteiger partial charge in [-0.3, -0.25) is 9.59 Å². The molecule has 1 saturated carbocycles. The summed E-state index contributed by atoms with van der Waals surface area (Å²) in [7, 11) is 0. The predicted octanol–water partition coefficient (Wildman–Crippen LogP) is 5.29. The molecule has 1 aliphatic carbocycles. The fourth-order valence-corrected chi connectivity index (χ4v) is 6.58. The maximum Gasteiger partial charge on any atom is 0.251 e. The molecule has 3 aliphatic rings. The van der Waals surface area contributed by atoms with Crippen LogP contribution in [0.4, 0.5) is 0 Å². The Morgan fingerprint density at radius 3 is 2.26 bits per heavy atom. The van der Waals surface area contributed by atoms with Gasteiger partial charge in [0.2, 0.25) is 5.91 Å². The van der Waals surface area contributed by atoms with E-state index in [1.54, 1.807) is 0 Å². The molecule has 5 nitrogen and oxygen atoms in total. The number of nitrogens with one attached hydrogen (secondary N) is 3. The minimum atomic E-state index is -0.0120. The molecule has 2 aliphatic heterocycles. The molecule has 2 unspecified atom stereocenters. The van der Waals surface area contributed by atoms with Crippen LogP contribution in [-0.2, 0) is 4.79 Å². The van der Waals surface area contributed by atoms with Gasteiger partial charge in [-0.1, -0.05) is 55.1 Å². The van der Waals surface area contributed by atoms with Crippen molar-refractivity contribution in [3.8, 4) is 11.1 Å². The maximum atomic E-state index is 12.7. The van der Waals surface area contributed by atoms with E-state index >= 15 is 0 Å². The average molecular weight is 494 g/mol. The first-order valence-corrected chi connectivity index (χ1v) is 13.7. The summed E-state index contributed by atoms with van der Waals surface area (Å²) in [4.78, 5) is 25.3. The molecule has 2 amide bonds. The number of hydrogen-bond acceptors (Lipinski definition) is 3. The van der Waals surface area contributed by atoms with Crippen LogP contribution >= 0.6 is 11.6 Å². The molecule has 2 heterocycles. The van der Waals surface area contributed by atoms with E-state index in [1.165, 1.54) is 32.1 Å². The van der Waals surface area contributed by atoms with Gasteiger partial charge in [-0.25, -0.2) is 0 Å². The summed E-state index contributed by atoms with van der Waals surface area (Å²) in [6, 6.07) is 14.3. The summed E-state index contributed by atoms with van der Waals surface area (Å²) < 4.78 is 0. The van der Waals surface area contributed by atoms with Crippen molar-refractivity contribution in [2.75, 3.05) is 19.6 Å². The number of carbonyl (C=O) groups is 2. The van der Waals surface area contributed by atoms with Gasteiger partial charge in [-0.2, -0.15) is 0 Å². The standard InChI is InChI=1S/C29H36ClN3O2/c30-26-18-22(19-6-8-21(9-7-19)28(34)33-23-12-15-31-16-13-23)10-11-24(26)27(20-4-2-1-3-5-20)25-14-17-32-29(25)35/h6-11,18,20,23,25,27,31H,1-5,12-17H2,(H,32,35)(H,33,34). The minimum absolute atomic E-state index is 0.0120. The van der Waals surface area contributed by atoms with Crippen LogP contribution in [0, 0.1) is 11.8 Å². The molecule has 2 saturated heterocycles. The summed E-state index contributed by atoms with van der Waals surface area (Å²) in [6.45, 7) is 2.67. The van der Waals surface area contributed by atoms with Crippen LogP contribution in [0.5, 0.6) is 0 Å². The van der Waals surface area contributed by atoms with Crippen LogP contribution in [0.3, 0.4) is 0 Å².